The van der Waals surface area contributed by atoms with E-state index in [0.717, 1.165) is 13.2 Å². The minimum Gasteiger partial charge on any atom is -0.393 e. The molecule has 0 spiro atoms. The molecule has 0 bridgehead atoms. The molecule has 0 aliphatic carbocycles. The predicted octanol–water partition coefficient (Wildman–Crippen LogP) is 1.87. The summed E-state index contributed by atoms with van der Waals surface area (Å²) in [7, 11) is -1.05. The zero-order valence-corrected chi connectivity index (χ0v) is 9.27. The SMILES string of the molecule is CCO[Si](OCC)C(C)Br. The maximum absolute atomic E-state index is 5.38. The monoisotopic (exact) mass is 225 g/mol. The van der Waals surface area contributed by atoms with Crippen molar-refractivity contribution >= 4 is 25.2 Å². The van der Waals surface area contributed by atoms with Crippen molar-refractivity contribution in [3.63, 3.8) is 0 Å². The Hall–Kier alpha value is 0.617. The first-order valence-electron chi connectivity index (χ1n) is 3.48. The maximum Gasteiger partial charge on any atom is 0.399 e. The fraction of sp³-hybridized carbons (Fsp3) is 1.00. The van der Waals surface area contributed by atoms with Gasteiger partial charge in [0.25, 0.3) is 0 Å². The Kier molecular flexibility index (Phi) is 6.73. The van der Waals surface area contributed by atoms with Crippen molar-refractivity contribution in [3.05, 3.63) is 0 Å². The second kappa shape index (κ2) is 6.33. The van der Waals surface area contributed by atoms with Crippen LogP contribution in [0.4, 0.5) is 0 Å². The first-order chi connectivity index (χ1) is 4.72. The van der Waals surface area contributed by atoms with Gasteiger partial charge in [-0.25, -0.2) is 0 Å². The smallest absolute Gasteiger partial charge is 0.393 e. The van der Waals surface area contributed by atoms with Crippen LogP contribution in [0.2, 0.25) is 0 Å². The van der Waals surface area contributed by atoms with E-state index in [0.29, 0.717) is 4.45 Å². The van der Waals surface area contributed by atoms with Gasteiger partial charge in [-0.05, 0) is 13.8 Å². The molecule has 1 radical (unpaired) electrons. The average Bonchev–Trinajstić information content (AvgIpc) is 1.87. The molecule has 2 nitrogen and oxygen atoms in total. The van der Waals surface area contributed by atoms with E-state index < -0.39 is 9.28 Å². The van der Waals surface area contributed by atoms with Gasteiger partial charge < -0.3 is 8.85 Å². The van der Waals surface area contributed by atoms with Gasteiger partial charge in [-0.15, -0.1) is 0 Å². The lowest BCUT2D eigenvalue weighted by Crippen LogP contribution is -2.31. The van der Waals surface area contributed by atoms with Crippen LogP contribution in [0.5, 0.6) is 0 Å². The third-order valence-electron chi connectivity index (χ3n) is 0.898. The Labute approximate surface area is 72.9 Å². The molecule has 0 saturated carbocycles. The summed E-state index contributed by atoms with van der Waals surface area (Å²) in [6, 6.07) is 0. The van der Waals surface area contributed by atoms with Crippen LogP contribution in [0, 0.1) is 0 Å². The summed E-state index contributed by atoms with van der Waals surface area (Å²) < 4.78 is 11.1. The molecule has 0 aromatic heterocycles. The molecule has 0 rings (SSSR count). The molecule has 0 saturated heterocycles. The third-order valence-corrected chi connectivity index (χ3v) is 3.82. The van der Waals surface area contributed by atoms with Crippen LogP contribution in [-0.2, 0) is 8.85 Å². The Morgan fingerprint density at radius 3 is 1.90 bits per heavy atom. The van der Waals surface area contributed by atoms with Gasteiger partial charge >= 0.3 is 9.28 Å². The van der Waals surface area contributed by atoms with E-state index in [9.17, 15) is 0 Å². The number of halogens is 1. The van der Waals surface area contributed by atoms with Crippen LogP contribution in [0.1, 0.15) is 20.8 Å². The van der Waals surface area contributed by atoms with Crippen molar-refractivity contribution in [2.45, 2.75) is 25.2 Å². The largest absolute Gasteiger partial charge is 0.399 e. The number of hydrogen-bond acceptors (Lipinski definition) is 2. The lowest BCUT2D eigenvalue weighted by atomic mass is 10.9. The summed E-state index contributed by atoms with van der Waals surface area (Å²) >= 11 is 3.44. The van der Waals surface area contributed by atoms with Gasteiger partial charge in [0.1, 0.15) is 0 Å². The molecule has 0 aromatic rings. The second-order valence-electron chi connectivity index (χ2n) is 1.80. The minimum absolute atomic E-state index is 0.359. The van der Waals surface area contributed by atoms with Gasteiger partial charge in [-0.3, -0.25) is 0 Å². The van der Waals surface area contributed by atoms with Crippen LogP contribution < -0.4 is 0 Å². The number of rotatable bonds is 5. The summed E-state index contributed by atoms with van der Waals surface area (Å²) in [5, 5.41) is 0. The van der Waals surface area contributed by atoms with Gasteiger partial charge in [0.2, 0.25) is 0 Å². The van der Waals surface area contributed by atoms with Crippen molar-refractivity contribution in [2.24, 2.45) is 0 Å². The van der Waals surface area contributed by atoms with Crippen molar-refractivity contribution < 1.29 is 8.85 Å². The lowest BCUT2D eigenvalue weighted by Gasteiger charge is -2.14. The molecule has 10 heavy (non-hydrogen) atoms. The highest BCUT2D eigenvalue weighted by atomic mass is 79.9. The standard InChI is InChI=1S/C6H14BrO2Si/c1-4-8-10(6(3)7)9-5-2/h6H,4-5H2,1-3H3. The Balaban J connectivity index is 3.50. The van der Waals surface area contributed by atoms with Crippen LogP contribution in [0.25, 0.3) is 0 Å². The lowest BCUT2D eigenvalue weighted by molar-refractivity contribution is 0.213. The molecule has 0 fully saturated rings. The van der Waals surface area contributed by atoms with Crippen molar-refractivity contribution in [2.75, 3.05) is 13.2 Å². The Morgan fingerprint density at radius 2 is 1.70 bits per heavy atom. The van der Waals surface area contributed by atoms with E-state index in [1.165, 1.54) is 0 Å². The van der Waals surface area contributed by atoms with E-state index in [1.807, 2.05) is 13.8 Å². The Bertz CT molecular complexity index is 74.1. The molecule has 0 amide bonds. The number of alkyl halides is 1. The summed E-state index contributed by atoms with van der Waals surface area (Å²) in [5.41, 5.74) is 0. The third kappa shape index (κ3) is 4.44. The molecule has 1 unspecified atom stereocenters. The van der Waals surface area contributed by atoms with Gasteiger partial charge in [-0.2, -0.15) is 0 Å². The molecule has 0 aliphatic rings. The molecule has 61 valence electrons. The second-order valence-corrected chi connectivity index (χ2v) is 6.10. The molecule has 0 heterocycles. The predicted molar refractivity (Wildman–Crippen MR) is 47.4 cm³/mol. The van der Waals surface area contributed by atoms with E-state index in [-0.39, 0.29) is 0 Å². The summed E-state index contributed by atoms with van der Waals surface area (Å²) in [5.74, 6) is 0. The van der Waals surface area contributed by atoms with Gasteiger partial charge in [-0.1, -0.05) is 22.9 Å². The van der Waals surface area contributed by atoms with Gasteiger partial charge in [0.05, 0.1) is 4.45 Å². The highest BCUT2D eigenvalue weighted by Crippen LogP contribution is 2.05. The summed E-state index contributed by atoms with van der Waals surface area (Å²) in [4.78, 5) is 0. The highest BCUT2D eigenvalue weighted by Gasteiger charge is 2.20. The Morgan fingerprint density at radius 1 is 1.30 bits per heavy atom. The fourth-order valence-corrected chi connectivity index (χ4v) is 2.46. The topological polar surface area (TPSA) is 18.5 Å². The van der Waals surface area contributed by atoms with Gasteiger partial charge in [0.15, 0.2) is 0 Å². The summed E-state index contributed by atoms with van der Waals surface area (Å²) in [6.07, 6.45) is 0. The van der Waals surface area contributed by atoms with E-state index in [1.54, 1.807) is 0 Å². The molecule has 0 aromatic carbocycles. The first-order valence-corrected chi connectivity index (χ1v) is 5.79. The summed E-state index contributed by atoms with van der Waals surface area (Å²) in [6.45, 7) is 7.51. The molecular weight excluding hydrogens is 212 g/mol. The van der Waals surface area contributed by atoms with Gasteiger partial charge in [0, 0.05) is 13.2 Å². The zero-order valence-electron chi connectivity index (χ0n) is 6.69. The van der Waals surface area contributed by atoms with Crippen LogP contribution in [0.15, 0.2) is 0 Å². The highest BCUT2D eigenvalue weighted by molar-refractivity contribution is 9.10. The van der Waals surface area contributed by atoms with Crippen LogP contribution >= 0.6 is 15.9 Å². The molecule has 4 heteroatoms. The molecule has 1 atom stereocenters. The van der Waals surface area contributed by atoms with E-state index in [2.05, 4.69) is 22.9 Å². The number of hydrogen-bond donors (Lipinski definition) is 0. The fourth-order valence-electron chi connectivity index (χ4n) is 0.556. The van der Waals surface area contributed by atoms with E-state index in [4.69, 9.17) is 8.85 Å². The average molecular weight is 226 g/mol. The zero-order chi connectivity index (χ0) is 7.98. The van der Waals surface area contributed by atoms with Crippen molar-refractivity contribution in [1.29, 1.82) is 0 Å². The first kappa shape index (κ1) is 10.6. The van der Waals surface area contributed by atoms with Crippen molar-refractivity contribution in [1.82, 2.24) is 0 Å². The minimum atomic E-state index is -1.05. The van der Waals surface area contributed by atoms with E-state index >= 15 is 0 Å². The quantitative estimate of drug-likeness (QED) is 0.526. The molecular formula is C6H14BrO2Si. The van der Waals surface area contributed by atoms with Crippen LogP contribution in [0.3, 0.4) is 0 Å². The molecule has 0 aliphatic heterocycles. The maximum atomic E-state index is 5.38. The molecule has 0 N–H and O–H groups in total. The normalized spacial score (nSPS) is 14.1. The van der Waals surface area contributed by atoms with Crippen molar-refractivity contribution in [3.8, 4) is 0 Å². The van der Waals surface area contributed by atoms with Crippen LogP contribution in [-0.4, -0.2) is 26.9 Å².